The molecule has 6 heteroatoms. The molecule has 0 radical (unpaired) electrons. The van der Waals surface area contributed by atoms with Crippen molar-refractivity contribution in [2.24, 2.45) is 0 Å². The van der Waals surface area contributed by atoms with Crippen molar-refractivity contribution in [2.45, 2.75) is 37.0 Å². The van der Waals surface area contributed by atoms with Crippen molar-refractivity contribution < 1.29 is 17.9 Å². The summed E-state index contributed by atoms with van der Waals surface area (Å²) < 4.78 is 29.1. The summed E-state index contributed by atoms with van der Waals surface area (Å²) in [6.07, 6.45) is 2.77. The first-order valence-corrected chi connectivity index (χ1v) is 8.87. The second kappa shape index (κ2) is 5.67. The van der Waals surface area contributed by atoms with Gasteiger partial charge >= 0.3 is 5.97 Å². The Morgan fingerprint density at radius 3 is 2.71 bits per heavy atom. The van der Waals surface area contributed by atoms with Crippen LogP contribution in [0, 0.1) is 6.92 Å². The highest BCUT2D eigenvalue weighted by Crippen LogP contribution is 2.38. The Morgan fingerprint density at radius 2 is 2.14 bits per heavy atom. The molecule has 1 aromatic rings. The van der Waals surface area contributed by atoms with Crippen LogP contribution in [0.2, 0.25) is 0 Å². The third-order valence-electron chi connectivity index (χ3n) is 4.04. The second-order valence-electron chi connectivity index (χ2n) is 5.67. The quantitative estimate of drug-likeness (QED) is 0.860. The van der Waals surface area contributed by atoms with Crippen molar-refractivity contribution in [3.63, 3.8) is 0 Å². The standard InChI is InChI=1S/C15H21NO4S/c1-11-6-4-7-12(10-11)16-15(14(17)20-2)9-5-8-13(15)21(3,18)19/h4,6-7,10,13,16H,5,8-9H2,1-3H3. The van der Waals surface area contributed by atoms with Gasteiger partial charge < -0.3 is 10.1 Å². The normalized spacial score (nSPS) is 25.6. The zero-order chi connectivity index (χ0) is 15.7. The number of sulfone groups is 1. The molecule has 1 fully saturated rings. The number of ether oxygens (including phenoxy) is 1. The molecule has 2 atom stereocenters. The molecule has 0 saturated heterocycles. The van der Waals surface area contributed by atoms with E-state index in [1.807, 2.05) is 31.2 Å². The maximum Gasteiger partial charge on any atom is 0.332 e. The Kier molecular flexibility index (Phi) is 4.27. The SMILES string of the molecule is COC(=O)C1(Nc2cccc(C)c2)CCCC1S(C)(=O)=O. The van der Waals surface area contributed by atoms with E-state index in [1.54, 1.807) is 0 Å². The minimum Gasteiger partial charge on any atom is -0.467 e. The molecule has 5 nitrogen and oxygen atoms in total. The number of anilines is 1. The number of carbonyl (C=O) groups excluding carboxylic acids is 1. The zero-order valence-electron chi connectivity index (χ0n) is 12.5. The van der Waals surface area contributed by atoms with Gasteiger partial charge in [-0.15, -0.1) is 0 Å². The highest BCUT2D eigenvalue weighted by molar-refractivity contribution is 7.91. The maximum absolute atomic E-state index is 12.3. The lowest BCUT2D eigenvalue weighted by Gasteiger charge is -2.33. The van der Waals surface area contributed by atoms with Crippen LogP contribution >= 0.6 is 0 Å². The molecule has 1 N–H and O–H groups in total. The number of benzene rings is 1. The highest BCUT2D eigenvalue weighted by Gasteiger charge is 2.54. The average Bonchev–Trinajstić information content (AvgIpc) is 2.82. The van der Waals surface area contributed by atoms with Crippen molar-refractivity contribution in [2.75, 3.05) is 18.7 Å². The summed E-state index contributed by atoms with van der Waals surface area (Å²) in [5.41, 5.74) is 0.570. The van der Waals surface area contributed by atoms with Crippen LogP contribution in [0.25, 0.3) is 0 Å². The molecule has 0 heterocycles. The van der Waals surface area contributed by atoms with Crippen LogP contribution in [0.5, 0.6) is 0 Å². The molecule has 1 aliphatic rings. The molecular formula is C15H21NO4S. The van der Waals surface area contributed by atoms with E-state index >= 15 is 0 Å². The van der Waals surface area contributed by atoms with E-state index in [9.17, 15) is 13.2 Å². The van der Waals surface area contributed by atoms with Gasteiger partial charge in [0.15, 0.2) is 15.4 Å². The van der Waals surface area contributed by atoms with Crippen molar-refractivity contribution in [3.8, 4) is 0 Å². The van der Waals surface area contributed by atoms with Gasteiger partial charge in [-0.2, -0.15) is 0 Å². The molecular weight excluding hydrogens is 290 g/mol. The van der Waals surface area contributed by atoms with E-state index < -0.39 is 26.6 Å². The lowest BCUT2D eigenvalue weighted by Crippen LogP contribution is -2.55. The third-order valence-corrected chi connectivity index (χ3v) is 5.71. The minimum atomic E-state index is -3.36. The van der Waals surface area contributed by atoms with Crippen LogP contribution in [-0.4, -0.2) is 38.5 Å². The van der Waals surface area contributed by atoms with Gasteiger partial charge in [0.25, 0.3) is 0 Å². The number of methoxy groups -OCH3 is 1. The fraction of sp³-hybridized carbons (Fsp3) is 0.533. The van der Waals surface area contributed by atoms with E-state index in [1.165, 1.54) is 13.4 Å². The molecule has 0 bridgehead atoms. The Labute approximate surface area is 125 Å². The van der Waals surface area contributed by atoms with Gasteiger partial charge in [-0.25, -0.2) is 13.2 Å². The van der Waals surface area contributed by atoms with E-state index in [0.29, 0.717) is 19.3 Å². The average molecular weight is 311 g/mol. The first-order valence-electron chi connectivity index (χ1n) is 6.92. The number of hydrogen-bond acceptors (Lipinski definition) is 5. The van der Waals surface area contributed by atoms with Crippen molar-refractivity contribution in [3.05, 3.63) is 29.8 Å². The number of esters is 1. The predicted molar refractivity (Wildman–Crippen MR) is 82.0 cm³/mol. The lowest BCUT2D eigenvalue weighted by atomic mass is 9.96. The predicted octanol–water partition coefficient (Wildman–Crippen LogP) is 1.92. The molecule has 1 aliphatic carbocycles. The number of carbonyl (C=O) groups is 1. The molecule has 2 rings (SSSR count). The van der Waals surface area contributed by atoms with Crippen LogP contribution in [-0.2, 0) is 19.4 Å². The fourth-order valence-corrected chi connectivity index (χ4v) is 4.74. The van der Waals surface area contributed by atoms with E-state index in [2.05, 4.69) is 5.32 Å². The molecule has 116 valence electrons. The summed E-state index contributed by atoms with van der Waals surface area (Å²) in [5, 5.41) is 2.38. The second-order valence-corrected chi connectivity index (χ2v) is 7.90. The number of nitrogens with one attached hydrogen (secondary N) is 1. The van der Waals surface area contributed by atoms with Gasteiger partial charge in [-0.3, -0.25) is 0 Å². The summed E-state index contributed by atoms with van der Waals surface area (Å²) in [6.45, 7) is 1.94. The summed E-state index contributed by atoms with van der Waals surface area (Å²) in [4.78, 5) is 12.3. The Balaban J connectivity index is 2.45. The summed E-state index contributed by atoms with van der Waals surface area (Å²) in [7, 11) is -2.07. The van der Waals surface area contributed by atoms with E-state index in [0.717, 1.165) is 11.3 Å². The molecule has 1 aromatic carbocycles. The molecule has 0 amide bonds. The fourth-order valence-electron chi connectivity index (χ4n) is 3.14. The topological polar surface area (TPSA) is 72.5 Å². The Hall–Kier alpha value is -1.56. The first-order chi connectivity index (χ1) is 9.79. The van der Waals surface area contributed by atoms with Crippen LogP contribution in [0.4, 0.5) is 5.69 Å². The number of rotatable bonds is 4. The van der Waals surface area contributed by atoms with Crippen LogP contribution in [0.3, 0.4) is 0 Å². The lowest BCUT2D eigenvalue weighted by molar-refractivity contribution is -0.145. The summed E-state index contributed by atoms with van der Waals surface area (Å²) >= 11 is 0. The largest absolute Gasteiger partial charge is 0.467 e. The summed E-state index contributed by atoms with van der Waals surface area (Å²) in [6, 6.07) is 7.53. The van der Waals surface area contributed by atoms with Gasteiger partial charge in [0, 0.05) is 11.9 Å². The van der Waals surface area contributed by atoms with Crippen molar-refractivity contribution in [1.82, 2.24) is 0 Å². The van der Waals surface area contributed by atoms with Gasteiger partial charge in [-0.1, -0.05) is 12.1 Å². The van der Waals surface area contributed by atoms with Crippen LogP contribution in [0.15, 0.2) is 24.3 Å². The Bertz CT molecular complexity index is 641. The molecule has 0 aliphatic heterocycles. The highest BCUT2D eigenvalue weighted by atomic mass is 32.2. The van der Waals surface area contributed by atoms with E-state index in [4.69, 9.17) is 4.74 Å². The van der Waals surface area contributed by atoms with Gasteiger partial charge in [0.05, 0.1) is 12.4 Å². The molecule has 1 saturated carbocycles. The van der Waals surface area contributed by atoms with Gasteiger partial charge in [0.1, 0.15) is 0 Å². The molecule has 0 aromatic heterocycles. The molecule has 2 unspecified atom stereocenters. The van der Waals surface area contributed by atoms with Crippen molar-refractivity contribution >= 4 is 21.5 Å². The van der Waals surface area contributed by atoms with Crippen molar-refractivity contribution in [1.29, 1.82) is 0 Å². The third kappa shape index (κ3) is 3.05. The Morgan fingerprint density at radius 1 is 1.43 bits per heavy atom. The molecule has 0 spiro atoms. The first kappa shape index (κ1) is 15.8. The minimum absolute atomic E-state index is 0.450. The van der Waals surface area contributed by atoms with Gasteiger partial charge in [-0.05, 0) is 43.9 Å². The summed E-state index contributed by atoms with van der Waals surface area (Å²) in [5.74, 6) is -0.517. The smallest absolute Gasteiger partial charge is 0.332 e. The monoisotopic (exact) mass is 311 g/mol. The number of aryl methyl sites for hydroxylation is 1. The van der Waals surface area contributed by atoms with Crippen LogP contribution in [0.1, 0.15) is 24.8 Å². The maximum atomic E-state index is 12.3. The number of hydrogen-bond donors (Lipinski definition) is 1. The van der Waals surface area contributed by atoms with Crippen LogP contribution < -0.4 is 5.32 Å². The van der Waals surface area contributed by atoms with Gasteiger partial charge in [0.2, 0.25) is 0 Å². The zero-order valence-corrected chi connectivity index (χ0v) is 13.4. The van der Waals surface area contributed by atoms with E-state index in [-0.39, 0.29) is 0 Å². The molecule has 21 heavy (non-hydrogen) atoms.